The number of hydroxylamine groups is 4. The van der Waals surface area contributed by atoms with Crippen LogP contribution in [0, 0.1) is 24.4 Å². The minimum Gasteiger partial charge on any atom is -0.491 e. The third kappa shape index (κ3) is 14.7. The molecule has 8 aliphatic rings. The zero-order valence-corrected chi connectivity index (χ0v) is 62.7. The number of anilines is 4. The number of aryl methyl sites for hydroxylation is 1. The van der Waals surface area contributed by atoms with Crippen molar-refractivity contribution in [3.8, 4) is 23.3 Å². The molecule has 2 aromatic carbocycles. The third-order valence-electron chi connectivity index (χ3n) is 19.9. The number of halogens is 3. The summed E-state index contributed by atoms with van der Waals surface area (Å²) in [6.45, 7) is 16.0. The van der Waals surface area contributed by atoms with Crippen LogP contribution in [0.25, 0.3) is 22.6 Å². The van der Waals surface area contributed by atoms with Crippen LogP contribution in [0.5, 0.6) is 23.3 Å². The van der Waals surface area contributed by atoms with Gasteiger partial charge in [0.25, 0.3) is 23.6 Å². The van der Waals surface area contributed by atoms with Gasteiger partial charge in [-0.15, -0.1) is 0 Å². The van der Waals surface area contributed by atoms with E-state index in [1.54, 1.807) is 86.1 Å². The summed E-state index contributed by atoms with van der Waals surface area (Å²) in [5, 5.41) is 35.3. The fraction of sp³-hybridized carbons (Fsp3) is 0.351. The first kappa shape index (κ1) is 73.9. The van der Waals surface area contributed by atoms with Crippen LogP contribution < -0.4 is 60.5 Å². The molecular formula is C77H77F3N22O12. The second-order valence-electron chi connectivity index (χ2n) is 29.7. The Morgan fingerprint density at radius 1 is 0.404 bits per heavy atom. The average Bonchev–Trinajstić information content (AvgIpc) is 1.64. The van der Waals surface area contributed by atoms with Gasteiger partial charge in [-0.05, 0) is 103 Å². The molecule has 12 aromatic rings. The zero-order chi connectivity index (χ0) is 78.8. The van der Waals surface area contributed by atoms with E-state index in [1.165, 1.54) is 68.7 Å². The molecule has 0 spiro atoms. The number of nitrogens with one attached hydrogen (secondary N) is 4. The minimum absolute atomic E-state index is 0.0914. The number of aromatic nitrogens is 14. The lowest BCUT2D eigenvalue weighted by atomic mass is 10.0. The molecule has 10 aromatic heterocycles. The van der Waals surface area contributed by atoms with Gasteiger partial charge in [0.05, 0.1) is 105 Å². The second kappa shape index (κ2) is 30.0. The number of pyridine rings is 2. The lowest BCUT2D eigenvalue weighted by Crippen LogP contribution is -2.48. The first-order chi connectivity index (χ1) is 55.0. The summed E-state index contributed by atoms with van der Waals surface area (Å²) in [7, 11) is 0. The molecule has 4 amide bonds. The molecule has 18 heterocycles. The maximum absolute atomic E-state index is 14.0. The standard InChI is InChI=1S/C20H22N6O3.C19H19FN6O3.2C19H18FN5O3/c1-12-8-13-15-5-7-29-26(15)16-4-6-25-17(23-16)14(10-22-25)18(27)24-20(2,3)11-28-19(13)21-9-12;1-19(2)10-28-18-12(7-11(20)8-21-18)14-4-6-29-26(14)15-3-5-25-16(23-15)13(9-22-25)17(27)24-19;2*1-11-10-27-16-3-2-12(20)8-13(16)15-5-7-28-25(15)17-4-6-24-18(23-17)14(9-21-24)19(26)22-11/h4,6,8-10,15H,5,7,11H2,1-3H3,(H,24,27);3,5,7-9,14H,4,6,10H2,1-2H3,(H,24,27);2*2-4,6,8-9,11,15H,5,7,10H2,1H3,(H,22,26)/t15-;14-;11-,15+;11-,15-/m0111/s1. The first-order valence-electron chi connectivity index (χ1n) is 37.1. The number of rotatable bonds is 0. The van der Waals surface area contributed by atoms with Crippen molar-refractivity contribution in [2.24, 2.45) is 0 Å². The number of carbonyl (C=O) groups is 4. The predicted molar refractivity (Wildman–Crippen MR) is 400 cm³/mol. The van der Waals surface area contributed by atoms with Gasteiger partial charge in [-0.1, -0.05) is 0 Å². The molecule has 4 fully saturated rings. The summed E-state index contributed by atoms with van der Waals surface area (Å²) in [4.78, 5) is 102. The summed E-state index contributed by atoms with van der Waals surface area (Å²) >= 11 is 0. The van der Waals surface area contributed by atoms with Gasteiger partial charge >= 0.3 is 0 Å². The Balaban J connectivity index is 0.000000110. The van der Waals surface area contributed by atoms with Gasteiger partial charge in [-0.3, -0.25) is 38.5 Å². The van der Waals surface area contributed by atoms with E-state index in [-0.39, 0.29) is 97.9 Å². The fourth-order valence-corrected chi connectivity index (χ4v) is 14.5. The highest BCUT2D eigenvalue weighted by Gasteiger charge is 2.40. The highest BCUT2D eigenvalue weighted by molar-refractivity contribution is 6.02. The molecule has 588 valence electrons. The van der Waals surface area contributed by atoms with E-state index < -0.39 is 16.9 Å². The molecular weight excluding hydrogens is 1480 g/mol. The third-order valence-corrected chi connectivity index (χ3v) is 19.9. The quantitative estimate of drug-likeness (QED) is 0.110. The van der Waals surface area contributed by atoms with Gasteiger partial charge in [-0.25, -0.2) is 81.4 Å². The highest BCUT2D eigenvalue weighted by Crippen LogP contribution is 2.44. The Labute approximate surface area is 647 Å². The highest BCUT2D eigenvalue weighted by atomic mass is 19.1. The molecule has 0 saturated carbocycles. The number of carbonyl (C=O) groups excluding carboxylic acids is 4. The zero-order valence-electron chi connectivity index (χ0n) is 62.7. The molecule has 0 unspecified atom stereocenters. The molecule has 8 aliphatic heterocycles. The minimum atomic E-state index is -0.712. The van der Waals surface area contributed by atoms with Gasteiger partial charge in [0.2, 0.25) is 11.8 Å². The number of benzene rings is 2. The van der Waals surface area contributed by atoms with Gasteiger partial charge in [0.1, 0.15) is 77.6 Å². The Bertz CT molecular complexity index is 5400. The van der Waals surface area contributed by atoms with E-state index in [2.05, 4.69) is 72.6 Å². The van der Waals surface area contributed by atoms with E-state index in [1.807, 2.05) is 54.5 Å². The number of amides is 4. The molecule has 34 nitrogen and oxygen atoms in total. The summed E-state index contributed by atoms with van der Waals surface area (Å²) in [5.41, 5.74) is 5.82. The number of nitrogens with zero attached hydrogens (tertiary/aromatic N) is 18. The van der Waals surface area contributed by atoms with Crippen LogP contribution in [0.2, 0.25) is 0 Å². The topological polar surface area (TPSA) is 350 Å². The monoisotopic (exact) mass is 1560 g/mol. The smallest absolute Gasteiger partial charge is 0.257 e. The average molecular weight is 1560 g/mol. The number of hydrogen-bond acceptors (Lipinski definition) is 26. The maximum Gasteiger partial charge on any atom is 0.257 e. The van der Waals surface area contributed by atoms with Crippen molar-refractivity contribution in [2.75, 3.05) is 73.1 Å². The summed E-state index contributed by atoms with van der Waals surface area (Å²) in [5.74, 6) is 1.82. The van der Waals surface area contributed by atoms with Crippen LogP contribution in [0.1, 0.15) is 161 Å². The number of hydrogen-bond donors (Lipinski definition) is 4. The molecule has 8 bridgehead atoms. The normalized spacial score (nSPS) is 21.4. The van der Waals surface area contributed by atoms with Crippen molar-refractivity contribution in [3.63, 3.8) is 0 Å². The van der Waals surface area contributed by atoms with E-state index in [0.717, 1.165) is 23.7 Å². The summed E-state index contributed by atoms with van der Waals surface area (Å²) in [6.07, 6.45) is 18.5. The molecule has 6 atom stereocenters. The van der Waals surface area contributed by atoms with E-state index in [0.29, 0.717) is 154 Å². The summed E-state index contributed by atoms with van der Waals surface area (Å²) in [6, 6.07) is 18.0. The molecule has 4 N–H and O–H groups in total. The first-order valence-corrected chi connectivity index (χ1v) is 37.1. The Morgan fingerprint density at radius 3 is 1.11 bits per heavy atom. The van der Waals surface area contributed by atoms with Crippen molar-refractivity contribution in [1.29, 1.82) is 0 Å². The van der Waals surface area contributed by atoms with Crippen LogP contribution in [-0.4, -0.2) is 168 Å². The van der Waals surface area contributed by atoms with Crippen LogP contribution in [-0.2, 0) is 19.4 Å². The Hall–Kier alpha value is -12.9. The second-order valence-corrected chi connectivity index (χ2v) is 29.7. The Kier molecular flexibility index (Phi) is 19.4. The molecule has 20 rings (SSSR count). The van der Waals surface area contributed by atoms with E-state index in [9.17, 15) is 32.3 Å². The predicted octanol–water partition coefficient (Wildman–Crippen LogP) is 8.79. The Morgan fingerprint density at radius 2 is 0.737 bits per heavy atom. The maximum atomic E-state index is 14.0. The van der Waals surface area contributed by atoms with Crippen LogP contribution in [0.4, 0.5) is 36.4 Å². The van der Waals surface area contributed by atoms with E-state index in [4.69, 9.17) is 43.3 Å². The lowest BCUT2D eigenvalue weighted by molar-refractivity contribution is 0.0871. The number of ether oxygens (including phenoxy) is 4. The summed E-state index contributed by atoms with van der Waals surface area (Å²) < 4.78 is 72.2. The van der Waals surface area contributed by atoms with Crippen molar-refractivity contribution >= 4 is 69.5 Å². The molecule has 4 saturated heterocycles. The van der Waals surface area contributed by atoms with Gasteiger partial charge in [0.15, 0.2) is 45.9 Å². The van der Waals surface area contributed by atoms with Crippen LogP contribution in [0.3, 0.4) is 0 Å². The van der Waals surface area contributed by atoms with Gasteiger partial charge in [-0.2, -0.15) is 20.4 Å². The van der Waals surface area contributed by atoms with Crippen molar-refractivity contribution in [2.45, 2.75) is 121 Å². The molecule has 114 heavy (non-hydrogen) atoms. The lowest BCUT2D eigenvalue weighted by Gasteiger charge is -2.28. The molecule has 37 heteroatoms. The molecule has 0 aliphatic carbocycles. The van der Waals surface area contributed by atoms with Gasteiger partial charge < -0.3 is 40.2 Å². The van der Waals surface area contributed by atoms with Crippen molar-refractivity contribution < 1.29 is 70.6 Å². The van der Waals surface area contributed by atoms with Crippen molar-refractivity contribution in [3.05, 3.63) is 202 Å². The van der Waals surface area contributed by atoms with Crippen LogP contribution in [0.15, 0.2) is 135 Å². The SMILES string of the molecule is CC1(C)COc2ncc(F)cc2[C@H]2CCON2c2ccn3ncc(c3n2)C(=O)N1.C[C@@H]1COc2ccc(F)cc2[C@@H]2CCON2c2ccn3ncc(c3n2)C(=O)N1.C[C@@H]1COc2ccc(F)cc2[C@H]2CCON2c2ccn3ncc(c3n2)C(=O)N1.Cc1cnc2c(c1)[C@@H]1CCON1c1ccn3ncc(c3n1)C(=O)NC(C)(C)CO2. The van der Waals surface area contributed by atoms with E-state index >= 15 is 0 Å². The van der Waals surface area contributed by atoms with Gasteiger partial charge in [0, 0.05) is 103 Å². The van der Waals surface area contributed by atoms with Crippen molar-refractivity contribution in [1.82, 2.24) is 89.6 Å². The number of fused-ring (bicyclic) bond motifs is 20. The fourth-order valence-electron chi connectivity index (χ4n) is 14.5. The largest absolute Gasteiger partial charge is 0.491 e. The van der Waals surface area contributed by atoms with Crippen LogP contribution >= 0.6 is 0 Å². The molecule has 0 radical (unpaired) electrons.